The van der Waals surface area contributed by atoms with Crippen LogP contribution in [0.4, 0.5) is 0 Å². The maximum absolute atomic E-state index is 5.90. The quantitative estimate of drug-likeness (QED) is 0.641. The Kier molecular flexibility index (Phi) is 5.28. The molecule has 0 aromatic heterocycles. The van der Waals surface area contributed by atoms with Gasteiger partial charge in [0.1, 0.15) is 11.5 Å². The van der Waals surface area contributed by atoms with E-state index in [2.05, 4.69) is 37.6 Å². The molecule has 86 valence electrons. The van der Waals surface area contributed by atoms with E-state index in [1.54, 1.807) is 0 Å². The minimum absolute atomic E-state index is 0.960. The van der Waals surface area contributed by atoms with E-state index in [0.717, 1.165) is 17.9 Å². The smallest absolute Gasteiger partial charge is 0.135 e. The number of rotatable bonds is 2. The predicted molar refractivity (Wildman–Crippen MR) is 74.0 cm³/mol. The van der Waals surface area contributed by atoms with Crippen molar-refractivity contribution in [2.45, 2.75) is 27.2 Å². The van der Waals surface area contributed by atoms with Crippen molar-refractivity contribution in [3.63, 3.8) is 0 Å². The fourth-order valence-corrected chi connectivity index (χ4v) is 2.14. The average Bonchev–Trinajstić information content (AvgIpc) is 2.31. The number of ether oxygens (including phenoxy) is 1. The van der Waals surface area contributed by atoms with E-state index in [0.29, 0.717) is 0 Å². The predicted octanol–water partition coefficient (Wildman–Crippen LogP) is 4.47. The molecule has 0 fully saturated rings. The van der Waals surface area contributed by atoms with Crippen LogP contribution in [0.5, 0.6) is 0 Å². The van der Waals surface area contributed by atoms with Crippen LogP contribution in [0.25, 0.3) is 0 Å². The van der Waals surface area contributed by atoms with Crippen LogP contribution in [-0.2, 0) is 4.74 Å². The molecule has 0 aromatic rings. The normalized spacial score (nSPS) is 22.8. The molecule has 1 aliphatic rings. The van der Waals surface area contributed by atoms with Gasteiger partial charge in [0, 0.05) is 12.2 Å². The first-order valence-electron chi connectivity index (χ1n) is 5.54. The first-order valence-corrected chi connectivity index (χ1v) is 6.95. The van der Waals surface area contributed by atoms with Crippen LogP contribution in [0.15, 0.2) is 47.0 Å². The SMILES string of the molecule is C/C=C\C1=C(C=PC)OC(=C/C)/C(=C\C)C1. The Hall–Kier alpha value is -1.07. The van der Waals surface area contributed by atoms with Gasteiger partial charge in [0.2, 0.25) is 0 Å². The molecule has 0 bridgehead atoms. The van der Waals surface area contributed by atoms with E-state index in [-0.39, 0.29) is 0 Å². The van der Waals surface area contributed by atoms with Gasteiger partial charge in [0.15, 0.2) is 0 Å². The molecule has 0 saturated heterocycles. The first kappa shape index (κ1) is 13.0. The zero-order valence-corrected chi connectivity index (χ0v) is 11.3. The Morgan fingerprint density at radius 3 is 2.44 bits per heavy atom. The molecule has 0 saturated carbocycles. The minimum Gasteiger partial charge on any atom is -0.457 e. The molecule has 0 N–H and O–H groups in total. The summed E-state index contributed by atoms with van der Waals surface area (Å²) in [4.78, 5) is 0. The lowest BCUT2D eigenvalue weighted by Gasteiger charge is -2.22. The van der Waals surface area contributed by atoms with Crippen molar-refractivity contribution >= 4 is 14.0 Å². The number of hydrogen-bond acceptors (Lipinski definition) is 1. The van der Waals surface area contributed by atoms with Crippen molar-refractivity contribution in [3.8, 4) is 0 Å². The van der Waals surface area contributed by atoms with Gasteiger partial charge in [-0.2, -0.15) is 0 Å². The summed E-state index contributed by atoms with van der Waals surface area (Å²) in [5.74, 6) is 4.11. The molecule has 1 aliphatic heterocycles. The van der Waals surface area contributed by atoms with Crippen LogP contribution < -0.4 is 0 Å². The highest BCUT2D eigenvalue weighted by Gasteiger charge is 2.17. The maximum atomic E-state index is 5.90. The van der Waals surface area contributed by atoms with Gasteiger partial charge in [-0.25, -0.2) is 0 Å². The van der Waals surface area contributed by atoms with Crippen molar-refractivity contribution in [1.82, 2.24) is 0 Å². The van der Waals surface area contributed by atoms with Gasteiger partial charge in [0.25, 0.3) is 0 Å². The lowest BCUT2D eigenvalue weighted by Crippen LogP contribution is -2.08. The Labute approximate surface area is 100 Å². The molecule has 0 unspecified atom stereocenters. The Morgan fingerprint density at radius 2 is 1.94 bits per heavy atom. The van der Waals surface area contributed by atoms with Crippen LogP contribution in [-0.4, -0.2) is 12.5 Å². The Bertz CT molecular complexity index is 357. The second-order valence-corrected chi connectivity index (χ2v) is 4.30. The van der Waals surface area contributed by atoms with Gasteiger partial charge in [-0.05, 0) is 44.7 Å². The Morgan fingerprint density at radius 1 is 1.19 bits per heavy atom. The lowest BCUT2D eigenvalue weighted by molar-refractivity contribution is 0.323. The van der Waals surface area contributed by atoms with E-state index in [1.807, 2.05) is 19.9 Å². The van der Waals surface area contributed by atoms with E-state index in [1.165, 1.54) is 19.4 Å². The average molecular weight is 234 g/mol. The topological polar surface area (TPSA) is 9.23 Å². The molecule has 1 nitrogen and oxygen atoms in total. The molecule has 0 atom stereocenters. The summed E-state index contributed by atoms with van der Waals surface area (Å²) in [5.41, 5.74) is 2.52. The van der Waals surface area contributed by atoms with Crippen molar-refractivity contribution in [1.29, 1.82) is 0 Å². The number of allylic oxidation sites excluding steroid dienone is 7. The van der Waals surface area contributed by atoms with E-state index < -0.39 is 0 Å². The van der Waals surface area contributed by atoms with Crippen molar-refractivity contribution in [2.24, 2.45) is 0 Å². The summed E-state index contributed by atoms with van der Waals surface area (Å²) in [6.07, 6.45) is 9.31. The molecule has 16 heavy (non-hydrogen) atoms. The van der Waals surface area contributed by atoms with Gasteiger partial charge in [-0.1, -0.05) is 18.2 Å². The van der Waals surface area contributed by atoms with Gasteiger partial charge >= 0.3 is 0 Å². The highest BCUT2D eigenvalue weighted by atomic mass is 31.1. The summed E-state index contributed by atoms with van der Waals surface area (Å²) in [6, 6.07) is 0. The molecule has 0 spiro atoms. The zero-order chi connectivity index (χ0) is 12.0. The molecule has 0 aromatic carbocycles. The highest BCUT2D eigenvalue weighted by Crippen LogP contribution is 2.31. The second kappa shape index (κ2) is 6.50. The van der Waals surface area contributed by atoms with Gasteiger partial charge in [0.05, 0.1) is 0 Å². The highest BCUT2D eigenvalue weighted by molar-refractivity contribution is 7.38. The molecular formula is C14H19OP. The molecule has 1 rings (SSSR count). The van der Waals surface area contributed by atoms with E-state index in [9.17, 15) is 0 Å². The van der Waals surface area contributed by atoms with Crippen LogP contribution in [0.1, 0.15) is 27.2 Å². The van der Waals surface area contributed by atoms with Gasteiger partial charge < -0.3 is 4.74 Å². The molecule has 1 heterocycles. The van der Waals surface area contributed by atoms with Crippen LogP contribution in [0.3, 0.4) is 0 Å². The second-order valence-electron chi connectivity index (χ2n) is 3.52. The van der Waals surface area contributed by atoms with Gasteiger partial charge in [-0.3, -0.25) is 0 Å². The van der Waals surface area contributed by atoms with Crippen LogP contribution >= 0.6 is 8.20 Å². The summed E-state index contributed by atoms with van der Waals surface area (Å²) in [6.45, 7) is 8.21. The van der Waals surface area contributed by atoms with Crippen molar-refractivity contribution in [2.75, 3.05) is 6.66 Å². The Balaban J connectivity index is 3.16. The minimum atomic E-state index is 0.960. The molecule has 2 heteroatoms. The first-order chi connectivity index (χ1) is 7.76. The third-order valence-electron chi connectivity index (χ3n) is 2.46. The summed E-state index contributed by atoms with van der Waals surface area (Å²) in [7, 11) is 1.22. The standard InChI is InChI=1S/C14H19OP/c1-5-8-12-9-11(6-2)13(7-3)15-14(12)10-16-4/h5-8,10H,9H2,1-4H3/b8-5-,11-6-,13-7+. The zero-order valence-electron chi connectivity index (χ0n) is 10.4. The molecule has 0 radical (unpaired) electrons. The molecule has 0 amide bonds. The summed E-state index contributed by atoms with van der Waals surface area (Å²) in [5, 5.41) is 0. The van der Waals surface area contributed by atoms with Crippen molar-refractivity contribution in [3.05, 3.63) is 47.0 Å². The lowest BCUT2D eigenvalue weighted by atomic mass is 9.99. The fourth-order valence-electron chi connectivity index (χ4n) is 1.69. The van der Waals surface area contributed by atoms with Crippen LogP contribution in [0, 0.1) is 0 Å². The number of hydrogen-bond donors (Lipinski definition) is 0. The largest absolute Gasteiger partial charge is 0.457 e. The fraction of sp³-hybridized carbons (Fsp3) is 0.357. The van der Waals surface area contributed by atoms with E-state index in [4.69, 9.17) is 4.74 Å². The third-order valence-corrected chi connectivity index (χ3v) is 2.95. The third kappa shape index (κ3) is 2.96. The van der Waals surface area contributed by atoms with Crippen molar-refractivity contribution < 1.29 is 4.74 Å². The van der Waals surface area contributed by atoms with Gasteiger partial charge in [-0.15, -0.1) is 8.20 Å². The van der Waals surface area contributed by atoms with E-state index >= 15 is 0 Å². The maximum Gasteiger partial charge on any atom is 0.135 e. The molecular weight excluding hydrogens is 215 g/mol. The summed E-state index contributed by atoms with van der Waals surface area (Å²) >= 11 is 0. The molecule has 0 aliphatic carbocycles. The van der Waals surface area contributed by atoms with Crippen LogP contribution in [0.2, 0.25) is 0 Å². The summed E-state index contributed by atoms with van der Waals surface area (Å²) < 4.78 is 5.90. The monoisotopic (exact) mass is 234 g/mol.